The van der Waals surface area contributed by atoms with Crippen molar-refractivity contribution in [3.8, 4) is 0 Å². The average Bonchev–Trinajstić information content (AvgIpc) is 2.46. The minimum Gasteiger partial charge on any atom is -0.340 e. The third-order valence-corrected chi connectivity index (χ3v) is 5.51. The Labute approximate surface area is 142 Å². The largest absolute Gasteiger partial charge is 0.340 e. The fraction of sp³-hybridized carbons (Fsp3) is 0.947. The van der Waals surface area contributed by atoms with Crippen molar-refractivity contribution in [1.29, 1.82) is 0 Å². The van der Waals surface area contributed by atoms with E-state index in [-0.39, 0.29) is 5.41 Å². The number of hydrogen-bond acceptors (Lipinski definition) is 3. The molecule has 2 aliphatic rings. The number of piperazine rings is 1. The number of nitrogens with zero attached hydrogens (tertiary/aromatic N) is 1. The van der Waals surface area contributed by atoms with Crippen LogP contribution in [0, 0.1) is 16.7 Å². The Bertz CT molecular complexity index is 394. The lowest BCUT2D eigenvalue weighted by Crippen LogP contribution is -2.54. The summed E-state index contributed by atoms with van der Waals surface area (Å²) in [5.41, 5.74) is 0.418. The van der Waals surface area contributed by atoms with Crippen LogP contribution < -0.4 is 10.6 Å². The van der Waals surface area contributed by atoms with Gasteiger partial charge in [0.1, 0.15) is 0 Å². The van der Waals surface area contributed by atoms with Gasteiger partial charge in [0.15, 0.2) is 0 Å². The van der Waals surface area contributed by atoms with E-state index in [1.165, 1.54) is 12.8 Å². The van der Waals surface area contributed by atoms with Gasteiger partial charge in [-0.1, -0.05) is 34.6 Å². The van der Waals surface area contributed by atoms with Crippen molar-refractivity contribution in [2.75, 3.05) is 32.7 Å². The fourth-order valence-electron chi connectivity index (χ4n) is 4.16. The van der Waals surface area contributed by atoms with Crippen molar-refractivity contribution >= 4 is 5.91 Å². The lowest BCUT2D eigenvalue weighted by atomic mass is 9.70. The Morgan fingerprint density at radius 3 is 2.35 bits per heavy atom. The molecule has 0 aromatic heterocycles. The van der Waals surface area contributed by atoms with Gasteiger partial charge >= 0.3 is 0 Å². The molecule has 0 aliphatic carbocycles. The minimum absolute atomic E-state index is 0.0752. The summed E-state index contributed by atoms with van der Waals surface area (Å²) < 4.78 is 0. The van der Waals surface area contributed by atoms with E-state index < -0.39 is 0 Å². The summed E-state index contributed by atoms with van der Waals surface area (Å²) in [7, 11) is 0. The van der Waals surface area contributed by atoms with Gasteiger partial charge in [-0.3, -0.25) is 4.79 Å². The van der Waals surface area contributed by atoms with Crippen LogP contribution in [-0.2, 0) is 4.79 Å². The van der Waals surface area contributed by atoms with E-state index in [1.807, 2.05) is 0 Å². The zero-order chi connectivity index (χ0) is 17.1. The molecule has 2 saturated heterocycles. The lowest BCUT2D eigenvalue weighted by molar-refractivity contribution is -0.134. The molecule has 1 atom stereocenters. The first kappa shape index (κ1) is 18.7. The molecule has 2 N–H and O–H groups in total. The predicted molar refractivity (Wildman–Crippen MR) is 96.4 cm³/mol. The van der Waals surface area contributed by atoms with Crippen LogP contribution >= 0.6 is 0 Å². The van der Waals surface area contributed by atoms with E-state index in [4.69, 9.17) is 0 Å². The van der Waals surface area contributed by atoms with Gasteiger partial charge in [-0.2, -0.15) is 0 Å². The monoisotopic (exact) mass is 323 g/mol. The van der Waals surface area contributed by atoms with Gasteiger partial charge in [-0.25, -0.2) is 0 Å². The molecule has 2 aliphatic heterocycles. The third-order valence-electron chi connectivity index (χ3n) is 5.51. The van der Waals surface area contributed by atoms with Gasteiger partial charge in [0, 0.05) is 32.1 Å². The number of rotatable bonds is 4. The van der Waals surface area contributed by atoms with Crippen LogP contribution in [0.2, 0.25) is 0 Å². The molecule has 0 saturated carbocycles. The van der Waals surface area contributed by atoms with Gasteiger partial charge in [-0.15, -0.1) is 0 Å². The zero-order valence-corrected chi connectivity index (χ0v) is 15.9. The molecule has 0 radical (unpaired) electrons. The highest BCUT2D eigenvalue weighted by molar-refractivity contribution is 5.77. The minimum atomic E-state index is 0.0752. The SMILES string of the molecule is CC(C)(C)CC(=O)N1CCNC(CC(C)(C)C2CCNCC2)C1. The number of amides is 1. The van der Waals surface area contributed by atoms with Gasteiger partial charge in [0.25, 0.3) is 0 Å². The zero-order valence-electron chi connectivity index (χ0n) is 15.9. The summed E-state index contributed by atoms with van der Waals surface area (Å²) in [6.45, 7) is 16.2. The Morgan fingerprint density at radius 1 is 1.09 bits per heavy atom. The summed E-state index contributed by atoms with van der Waals surface area (Å²) in [6.07, 6.45) is 4.38. The van der Waals surface area contributed by atoms with Crippen molar-refractivity contribution < 1.29 is 4.79 Å². The number of hydrogen-bond donors (Lipinski definition) is 2. The maximum Gasteiger partial charge on any atom is 0.223 e. The highest BCUT2D eigenvalue weighted by atomic mass is 16.2. The molecule has 0 spiro atoms. The second kappa shape index (κ2) is 7.52. The van der Waals surface area contributed by atoms with E-state index in [2.05, 4.69) is 50.2 Å². The smallest absolute Gasteiger partial charge is 0.223 e. The molecular weight excluding hydrogens is 286 g/mol. The number of piperidine rings is 1. The van der Waals surface area contributed by atoms with Crippen LogP contribution in [0.5, 0.6) is 0 Å². The van der Waals surface area contributed by atoms with Gasteiger partial charge in [-0.05, 0) is 49.1 Å². The molecule has 4 nitrogen and oxygen atoms in total. The average molecular weight is 324 g/mol. The number of carbonyl (C=O) groups is 1. The molecule has 134 valence electrons. The summed E-state index contributed by atoms with van der Waals surface area (Å²) in [6, 6.07) is 0.442. The standard InChI is InChI=1S/C19H37N3O/c1-18(2,3)13-17(23)22-11-10-21-16(14-22)12-19(4,5)15-6-8-20-9-7-15/h15-16,20-21H,6-14H2,1-5H3. The molecule has 1 unspecified atom stereocenters. The van der Waals surface area contributed by atoms with Crippen LogP contribution in [0.15, 0.2) is 0 Å². The Morgan fingerprint density at radius 2 is 1.74 bits per heavy atom. The summed E-state index contributed by atoms with van der Waals surface area (Å²) in [4.78, 5) is 14.6. The van der Waals surface area contributed by atoms with E-state index in [0.29, 0.717) is 23.8 Å². The highest BCUT2D eigenvalue weighted by Gasteiger charge is 2.35. The molecular formula is C19H37N3O. The second-order valence-electron chi connectivity index (χ2n) is 9.45. The van der Waals surface area contributed by atoms with Crippen molar-refractivity contribution in [1.82, 2.24) is 15.5 Å². The fourth-order valence-corrected chi connectivity index (χ4v) is 4.16. The molecule has 4 heteroatoms. The molecule has 2 rings (SSSR count). The molecule has 2 fully saturated rings. The first-order chi connectivity index (χ1) is 10.7. The van der Waals surface area contributed by atoms with Crippen LogP contribution in [0.4, 0.5) is 0 Å². The molecule has 0 aromatic rings. The van der Waals surface area contributed by atoms with Crippen molar-refractivity contribution in [3.05, 3.63) is 0 Å². The van der Waals surface area contributed by atoms with E-state index >= 15 is 0 Å². The van der Waals surface area contributed by atoms with Gasteiger partial charge in [0.2, 0.25) is 5.91 Å². The maximum atomic E-state index is 12.5. The Hall–Kier alpha value is -0.610. The number of carbonyl (C=O) groups excluding carboxylic acids is 1. The summed E-state index contributed by atoms with van der Waals surface area (Å²) in [5.74, 6) is 1.12. The maximum absolute atomic E-state index is 12.5. The quantitative estimate of drug-likeness (QED) is 0.836. The summed E-state index contributed by atoms with van der Waals surface area (Å²) >= 11 is 0. The summed E-state index contributed by atoms with van der Waals surface area (Å²) in [5, 5.41) is 7.12. The normalized spacial score (nSPS) is 24.7. The van der Waals surface area contributed by atoms with Gasteiger partial charge in [0.05, 0.1) is 0 Å². The molecule has 0 aromatic carbocycles. The van der Waals surface area contributed by atoms with Gasteiger partial charge < -0.3 is 15.5 Å². The van der Waals surface area contributed by atoms with E-state index in [0.717, 1.165) is 45.1 Å². The van der Waals surface area contributed by atoms with Crippen molar-refractivity contribution in [3.63, 3.8) is 0 Å². The first-order valence-corrected chi connectivity index (χ1v) is 9.39. The molecule has 2 heterocycles. The van der Waals surface area contributed by atoms with Crippen LogP contribution in [0.1, 0.15) is 60.3 Å². The van der Waals surface area contributed by atoms with E-state index in [9.17, 15) is 4.79 Å². The van der Waals surface area contributed by atoms with Crippen LogP contribution in [-0.4, -0.2) is 49.6 Å². The predicted octanol–water partition coefficient (Wildman–Crippen LogP) is 2.64. The lowest BCUT2D eigenvalue weighted by Gasteiger charge is -2.43. The molecule has 0 bridgehead atoms. The second-order valence-corrected chi connectivity index (χ2v) is 9.45. The number of nitrogens with one attached hydrogen (secondary N) is 2. The van der Waals surface area contributed by atoms with Crippen molar-refractivity contribution in [2.45, 2.75) is 66.3 Å². The highest BCUT2D eigenvalue weighted by Crippen LogP contribution is 2.37. The third kappa shape index (κ3) is 5.75. The molecule has 1 amide bonds. The van der Waals surface area contributed by atoms with Crippen LogP contribution in [0.3, 0.4) is 0 Å². The Balaban J connectivity index is 1.89. The van der Waals surface area contributed by atoms with Crippen LogP contribution in [0.25, 0.3) is 0 Å². The van der Waals surface area contributed by atoms with E-state index in [1.54, 1.807) is 0 Å². The Kier molecular flexibility index (Phi) is 6.12. The first-order valence-electron chi connectivity index (χ1n) is 9.39. The molecule has 23 heavy (non-hydrogen) atoms. The topological polar surface area (TPSA) is 44.4 Å². The van der Waals surface area contributed by atoms with Crippen molar-refractivity contribution in [2.24, 2.45) is 16.7 Å².